The van der Waals surface area contributed by atoms with Crippen molar-refractivity contribution in [2.75, 3.05) is 48.4 Å². The molecule has 0 unspecified atom stereocenters. The van der Waals surface area contributed by atoms with Crippen molar-refractivity contribution in [2.24, 2.45) is 0 Å². The Morgan fingerprint density at radius 2 is 1.83 bits per heavy atom. The Labute approximate surface area is 219 Å². The second kappa shape index (κ2) is 12.3. The van der Waals surface area contributed by atoms with Crippen LogP contribution >= 0.6 is 23.2 Å². The van der Waals surface area contributed by atoms with E-state index in [1.54, 1.807) is 30.5 Å². The summed E-state index contributed by atoms with van der Waals surface area (Å²) in [6.45, 7) is 4.80. The topological polar surface area (TPSA) is 112 Å². The normalized spacial score (nSPS) is 13.5. The number of carbonyl (C=O) groups excluding carboxylic acids is 1. The van der Waals surface area contributed by atoms with Gasteiger partial charge in [0, 0.05) is 49.4 Å². The van der Waals surface area contributed by atoms with Crippen LogP contribution in [0.15, 0.2) is 36.5 Å². The third-order valence-corrected chi connectivity index (χ3v) is 6.21. The molecular weight excluding hydrogens is 503 g/mol. The number of rotatable bonds is 9. The average Bonchev–Trinajstić information content (AvgIpc) is 2.84. The van der Waals surface area contributed by atoms with E-state index in [1.807, 2.05) is 13.0 Å². The summed E-state index contributed by atoms with van der Waals surface area (Å²) < 4.78 is 5.41. The van der Waals surface area contributed by atoms with Crippen LogP contribution in [-0.2, 0) is 11.2 Å². The molecule has 2 aromatic heterocycles. The molecule has 3 heterocycles. The quantitative estimate of drug-likeness (QED) is 0.343. The Morgan fingerprint density at radius 1 is 1.08 bits per heavy atom. The molecule has 1 saturated heterocycles. The first-order valence-electron chi connectivity index (χ1n) is 11.7. The number of anilines is 4. The first kappa shape index (κ1) is 26.1. The fourth-order valence-corrected chi connectivity index (χ4v) is 4.55. The van der Waals surface area contributed by atoms with E-state index in [9.17, 15) is 4.79 Å². The van der Waals surface area contributed by atoms with Gasteiger partial charge >= 0.3 is 0 Å². The van der Waals surface area contributed by atoms with Crippen LogP contribution in [0.25, 0.3) is 0 Å². The van der Waals surface area contributed by atoms with Crippen molar-refractivity contribution in [3.05, 3.63) is 63.4 Å². The number of nitrogens with one attached hydrogen (secondary N) is 2. The summed E-state index contributed by atoms with van der Waals surface area (Å²) in [5, 5.41) is 15.5. The molecule has 11 heteroatoms. The molecule has 0 atom stereocenters. The molecule has 1 aliphatic heterocycles. The lowest BCUT2D eigenvalue weighted by molar-refractivity contribution is 0.102. The highest BCUT2D eigenvalue weighted by Gasteiger charge is 2.18. The van der Waals surface area contributed by atoms with Gasteiger partial charge in [-0.05, 0) is 49.9 Å². The van der Waals surface area contributed by atoms with E-state index in [0.717, 1.165) is 37.2 Å². The predicted octanol–water partition coefficient (Wildman–Crippen LogP) is 4.63. The number of hydrogen-bond acceptors (Lipinski definition) is 8. The number of aromatic nitrogens is 3. The van der Waals surface area contributed by atoms with Gasteiger partial charge in [-0.2, -0.15) is 4.98 Å². The SMILES string of the molecule is Cc1cc(Nc2cc(NC(=O)c3c(Cl)cc(CCCCO)cc3Cl)ccn2)nc(N2CCOCC2)n1. The van der Waals surface area contributed by atoms with Crippen molar-refractivity contribution >= 4 is 52.4 Å². The molecule has 0 radical (unpaired) electrons. The second-order valence-corrected chi connectivity index (χ2v) is 9.23. The fourth-order valence-electron chi connectivity index (χ4n) is 3.85. The fraction of sp³-hybridized carbons (Fsp3) is 0.360. The van der Waals surface area contributed by atoms with Gasteiger partial charge in [-0.3, -0.25) is 4.79 Å². The predicted molar refractivity (Wildman–Crippen MR) is 142 cm³/mol. The van der Waals surface area contributed by atoms with Crippen molar-refractivity contribution < 1.29 is 14.6 Å². The average molecular weight is 531 g/mol. The van der Waals surface area contributed by atoms with E-state index in [4.69, 9.17) is 33.0 Å². The molecule has 1 fully saturated rings. The highest BCUT2D eigenvalue weighted by Crippen LogP contribution is 2.29. The minimum Gasteiger partial charge on any atom is -0.396 e. The van der Waals surface area contributed by atoms with E-state index in [-0.39, 0.29) is 22.2 Å². The van der Waals surface area contributed by atoms with E-state index in [1.165, 1.54) is 0 Å². The Kier molecular flexibility index (Phi) is 8.93. The number of carbonyl (C=O) groups is 1. The van der Waals surface area contributed by atoms with Crippen LogP contribution in [0.5, 0.6) is 0 Å². The molecule has 0 spiro atoms. The monoisotopic (exact) mass is 530 g/mol. The van der Waals surface area contributed by atoms with Crippen LogP contribution in [0.4, 0.5) is 23.3 Å². The molecule has 1 amide bonds. The molecule has 0 bridgehead atoms. The van der Waals surface area contributed by atoms with Gasteiger partial charge in [-0.15, -0.1) is 0 Å². The zero-order valence-corrected chi connectivity index (χ0v) is 21.4. The number of aliphatic hydroxyl groups is 1. The zero-order chi connectivity index (χ0) is 25.5. The lowest BCUT2D eigenvalue weighted by atomic mass is 10.1. The smallest absolute Gasteiger partial charge is 0.258 e. The minimum atomic E-state index is -0.420. The van der Waals surface area contributed by atoms with E-state index in [0.29, 0.717) is 42.9 Å². The standard InChI is InChI=1S/C25H28Cl2N6O3/c1-16-12-22(32-25(29-16)33-7-10-36-11-8-33)31-21-15-18(5-6-28-21)30-24(35)23-19(26)13-17(14-20(23)27)4-2-3-9-34/h5-6,12-15,34H,2-4,7-11H2,1H3,(H2,28,29,30,31,32,35). The highest BCUT2D eigenvalue weighted by atomic mass is 35.5. The van der Waals surface area contributed by atoms with E-state index < -0.39 is 5.91 Å². The van der Waals surface area contributed by atoms with Gasteiger partial charge < -0.3 is 25.4 Å². The highest BCUT2D eigenvalue weighted by molar-refractivity contribution is 6.40. The molecule has 0 saturated carbocycles. The minimum absolute atomic E-state index is 0.136. The Hall–Kier alpha value is -2.98. The number of benzene rings is 1. The number of aryl methyl sites for hydroxylation is 2. The van der Waals surface area contributed by atoms with Gasteiger partial charge in [0.25, 0.3) is 5.91 Å². The lowest BCUT2D eigenvalue weighted by Gasteiger charge is -2.27. The van der Waals surface area contributed by atoms with Crippen LogP contribution in [0.3, 0.4) is 0 Å². The molecule has 4 rings (SSSR count). The number of amides is 1. The maximum Gasteiger partial charge on any atom is 0.258 e. The van der Waals surface area contributed by atoms with Crippen LogP contribution in [-0.4, -0.2) is 58.9 Å². The number of aliphatic hydroxyl groups excluding tert-OH is 1. The summed E-state index contributed by atoms with van der Waals surface area (Å²) in [6.07, 6.45) is 3.81. The second-order valence-electron chi connectivity index (χ2n) is 8.42. The van der Waals surface area contributed by atoms with Crippen molar-refractivity contribution in [1.82, 2.24) is 15.0 Å². The summed E-state index contributed by atoms with van der Waals surface area (Å²) in [6, 6.07) is 8.69. The molecular formula is C25H28Cl2N6O3. The summed E-state index contributed by atoms with van der Waals surface area (Å²) in [5.74, 6) is 1.32. The van der Waals surface area contributed by atoms with E-state index >= 15 is 0 Å². The van der Waals surface area contributed by atoms with Crippen LogP contribution in [0, 0.1) is 6.92 Å². The Morgan fingerprint density at radius 3 is 2.56 bits per heavy atom. The van der Waals surface area contributed by atoms with Gasteiger partial charge in [-0.1, -0.05) is 23.2 Å². The molecule has 3 N–H and O–H groups in total. The number of pyridine rings is 1. The van der Waals surface area contributed by atoms with Crippen molar-refractivity contribution in [1.29, 1.82) is 0 Å². The summed E-state index contributed by atoms with van der Waals surface area (Å²) >= 11 is 12.8. The molecule has 36 heavy (non-hydrogen) atoms. The molecule has 9 nitrogen and oxygen atoms in total. The van der Waals surface area contributed by atoms with Crippen molar-refractivity contribution in [3.63, 3.8) is 0 Å². The number of nitrogens with zero attached hydrogens (tertiary/aromatic N) is 4. The third-order valence-electron chi connectivity index (χ3n) is 5.61. The molecule has 1 aromatic carbocycles. The molecule has 3 aromatic rings. The zero-order valence-electron chi connectivity index (χ0n) is 19.9. The van der Waals surface area contributed by atoms with Crippen LogP contribution < -0.4 is 15.5 Å². The number of unbranched alkanes of at least 4 members (excludes halogenated alkanes) is 1. The summed E-state index contributed by atoms with van der Waals surface area (Å²) in [4.78, 5) is 28.6. The van der Waals surface area contributed by atoms with E-state index in [2.05, 4.69) is 30.5 Å². The molecule has 190 valence electrons. The first-order chi connectivity index (χ1) is 17.4. The van der Waals surface area contributed by atoms with Crippen molar-refractivity contribution in [2.45, 2.75) is 26.2 Å². The van der Waals surface area contributed by atoms with Gasteiger partial charge in [0.05, 0.1) is 28.8 Å². The lowest BCUT2D eigenvalue weighted by Crippen LogP contribution is -2.37. The van der Waals surface area contributed by atoms with Gasteiger partial charge in [-0.25, -0.2) is 9.97 Å². The molecule has 0 aliphatic carbocycles. The third kappa shape index (κ3) is 6.82. The maximum absolute atomic E-state index is 13.0. The largest absolute Gasteiger partial charge is 0.396 e. The first-order valence-corrected chi connectivity index (χ1v) is 12.5. The Balaban J connectivity index is 1.46. The van der Waals surface area contributed by atoms with Crippen LogP contribution in [0.1, 0.15) is 34.5 Å². The maximum atomic E-state index is 13.0. The number of morpholine rings is 1. The summed E-state index contributed by atoms with van der Waals surface area (Å²) in [5.41, 5.74) is 2.47. The van der Waals surface area contributed by atoms with Gasteiger partial charge in [0.2, 0.25) is 5.95 Å². The van der Waals surface area contributed by atoms with Gasteiger partial charge in [0.1, 0.15) is 11.6 Å². The molecule has 1 aliphatic rings. The van der Waals surface area contributed by atoms with Gasteiger partial charge in [0.15, 0.2) is 0 Å². The summed E-state index contributed by atoms with van der Waals surface area (Å²) in [7, 11) is 0. The van der Waals surface area contributed by atoms with Crippen LogP contribution in [0.2, 0.25) is 10.0 Å². The van der Waals surface area contributed by atoms with Crippen molar-refractivity contribution in [3.8, 4) is 0 Å². The number of halogens is 2. The number of hydrogen-bond donors (Lipinski definition) is 3. The number of ether oxygens (including phenoxy) is 1. The Bertz CT molecular complexity index is 1200.